The highest BCUT2D eigenvalue weighted by Gasteiger charge is 2.24. The smallest absolute Gasteiger partial charge is 0.272 e. The average molecular weight is 344 g/mol. The highest BCUT2D eigenvalue weighted by atomic mass is 35.5. The predicted octanol–water partition coefficient (Wildman–Crippen LogP) is 4.18. The zero-order valence-corrected chi connectivity index (χ0v) is 13.7. The summed E-state index contributed by atoms with van der Waals surface area (Å²) in [7, 11) is 0. The van der Waals surface area contributed by atoms with Gasteiger partial charge in [0, 0.05) is 21.1 Å². The third-order valence-corrected chi connectivity index (χ3v) is 5.36. The maximum Gasteiger partial charge on any atom is 0.272 e. The second kappa shape index (κ2) is 5.91. The van der Waals surface area contributed by atoms with Crippen molar-refractivity contribution in [1.29, 1.82) is 0 Å². The third kappa shape index (κ3) is 2.71. The molecule has 1 atom stereocenters. The number of rotatable bonds is 2. The first kappa shape index (κ1) is 14.6. The van der Waals surface area contributed by atoms with Crippen molar-refractivity contribution in [3.8, 4) is 0 Å². The first-order chi connectivity index (χ1) is 11.2. The van der Waals surface area contributed by atoms with Crippen molar-refractivity contribution in [2.24, 2.45) is 0 Å². The Morgan fingerprint density at radius 3 is 3.09 bits per heavy atom. The number of H-pyrrole nitrogens is 1. The predicted molar refractivity (Wildman–Crippen MR) is 93.1 cm³/mol. The molecule has 1 aliphatic heterocycles. The number of amides is 1. The summed E-state index contributed by atoms with van der Waals surface area (Å²) in [6.07, 6.45) is 0.881. The van der Waals surface area contributed by atoms with Crippen LogP contribution >= 0.6 is 23.4 Å². The van der Waals surface area contributed by atoms with Crippen molar-refractivity contribution in [2.45, 2.75) is 17.4 Å². The molecule has 0 saturated carbocycles. The lowest BCUT2D eigenvalue weighted by molar-refractivity contribution is 0.0931. The lowest BCUT2D eigenvalue weighted by Crippen LogP contribution is -2.31. The minimum Gasteiger partial charge on any atom is -0.344 e. The van der Waals surface area contributed by atoms with Crippen LogP contribution in [0.2, 0.25) is 5.02 Å². The SMILES string of the molecule is O=C(N[C@@H]1CCSc2ccc(Cl)cc21)c1n[nH]c2ccccc12. The van der Waals surface area contributed by atoms with Gasteiger partial charge in [-0.1, -0.05) is 29.8 Å². The van der Waals surface area contributed by atoms with E-state index in [1.165, 1.54) is 4.90 Å². The largest absolute Gasteiger partial charge is 0.344 e. The topological polar surface area (TPSA) is 57.8 Å². The van der Waals surface area contributed by atoms with E-state index in [9.17, 15) is 4.79 Å². The molecule has 116 valence electrons. The molecule has 23 heavy (non-hydrogen) atoms. The standard InChI is InChI=1S/C17H14ClN3OS/c18-10-5-6-15-12(9-10)13(7-8-23-15)19-17(22)16-11-3-1-2-4-14(11)20-21-16/h1-6,9,13H,7-8H2,(H,19,22)(H,20,21)/t13-/m1/s1. The van der Waals surface area contributed by atoms with Crippen LogP contribution in [0.25, 0.3) is 10.9 Å². The molecule has 1 amide bonds. The van der Waals surface area contributed by atoms with Gasteiger partial charge in [-0.15, -0.1) is 11.8 Å². The van der Waals surface area contributed by atoms with Crippen molar-refractivity contribution in [3.05, 3.63) is 58.7 Å². The minimum atomic E-state index is -0.162. The van der Waals surface area contributed by atoms with E-state index in [2.05, 4.69) is 15.5 Å². The molecule has 2 heterocycles. The van der Waals surface area contributed by atoms with Crippen LogP contribution in [0.4, 0.5) is 0 Å². The van der Waals surface area contributed by atoms with Crippen molar-refractivity contribution in [3.63, 3.8) is 0 Å². The second-order valence-electron chi connectivity index (χ2n) is 5.46. The number of nitrogens with one attached hydrogen (secondary N) is 2. The van der Waals surface area contributed by atoms with Crippen LogP contribution in [0, 0.1) is 0 Å². The van der Waals surface area contributed by atoms with E-state index < -0.39 is 0 Å². The molecule has 0 unspecified atom stereocenters. The monoisotopic (exact) mass is 343 g/mol. The summed E-state index contributed by atoms with van der Waals surface area (Å²) >= 11 is 7.91. The number of thioether (sulfide) groups is 1. The van der Waals surface area contributed by atoms with E-state index in [4.69, 9.17) is 11.6 Å². The molecule has 0 fully saturated rings. The number of aromatic amines is 1. The highest BCUT2D eigenvalue weighted by molar-refractivity contribution is 7.99. The van der Waals surface area contributed by atoms with Gasteiger partial charge in [-0.3, -0.25) is 9.89 Å². The summed E-state index contributed by atoms with van der Waals surface area (Å²) in [5, 5.41) is 11.7. The van der Waals surface area contributed by atoms with Crippen LogP contribution in [0.3, 0.4) is 0 Å². The maximum absolute atomic E-state index is 12.6. The fourth-order valence-electron chi connectivity index (χ4n) is 2.88. The number of benzene rings is 2. The van der Waals surface area contributed by atoms with Crippen molar-refractivity contribution in [2.75, 3.05) is 5.75 Å². The third-order valence-electron chi connectivity index (χ3n) is 4.00. The highest BCUT2D eigenvalue weighted by Crippen LogP contribution is 2.37. The lowest BCUT2D eigenvalue weighted by Gasteiger charge is -2.25. The molecule has 3 aromatic rings. The van der Waals surface area contributed by atoms with Gasteiger partial charge in [0.15, 0.2) is 5.69 Å². The van der Waals surface area contributed by atoms with Gasteiger partial charge in [0.25, 0.3) is 5.91 Å². The Morgan fingerprint density at radius 2 is 2.17 bits per heavy atom. The number of nitrogens with zero attached hydrogens (tertiary/aromatic N) is 1. The van der Waals surface area contributed by atoms with Crippen molar-refractivity contribution < 1.29 is 4.79 Å². The molecule has 1 aromatic heterocycles. The van der Waals surface area contributed by atoms with Crippen molar-refractivity contribution in [1.82, 2.24) is 15.5 Å². The molecular weight excluding hydrogens is 330 g/mol. The van der Waals surface area contributed by atoms with Crippen LogP contribution in [0.1, 0.15) is 28.5 Å². The zero-order chi connectivity index (χ0) is 15.8. The van der Waals surface area contributed by atoms with Gasteiger partial charge in [-0.25, -0.2) is 0 Å². The fourth-order valence-corrected chi connectivity index (χ4v) is 4.16. The van der Waals surface area contributed by atoms with Gasteiger partial charge in [0.1, 0.15) is 0 Å². The Kier molecular flexibility index (Phi) is 3.75. The summed E-state index contributed by atoms with van der Waals surface area (Å²) in [4.78, 5) is 13.8. The van der Waals surface area contributed by atoms with E-state index in [1.807, 2.05) is 42.5 Å². The van der Waals surface area contributed by atoms with Gasteiger partial charge in [0.05, 0.1) is 11.6 Å². The number of para-hydroxylation sites is 1. The number of hydrogen-bond donors (Lipinski definition) is 2. The molecule has 0 saturated heterocycles. The summed E-state index contributed by atoms with van der Waals surface area (Å²) in [5.41, 5.74) is 2.38. The minimum absolute atomic E-state index is 0.0343. The number of hydrogen-bond acceptors (Lipinski definition) is 3. The first-order valence-electron chi connectivity index (χ1n) is 7.38. The van der Waals surface area contributed by atoms with Crippen molar-refractivity contribution >= 4 is 40.2 Å². The molecule has 0 bridgehead atoms. The average Bonchev–Trinajstić information content (AvgIpc) is 2.99. The number of fused-ring (bicyclic) bond motifs is 2. The van der Waals surface area contributed by atoms with E-state index in [0.29, 0.717) is 10.7 Å². The quantitative estimate of drug-likeness (QED) is 0.733. The Labute approximate surface area is 142 Å². The molecule has 1 aliphatic rings. The van der Waals surface area contributed by atoms with Gasteiger partial charge in [-0.05, 0) is 36.2 Å². The molecule has 4 nitrogen and oxygen atoms in total. The number of carbonyl (C=O) groups excluding carboxylic acids is 1. The molecule has 0 aliphatic carbocycles. The maximum atomic E-state index is 12.6. The molecule has 6 heteroatoms. The first-order valence-corrected chi connectivity index (χ1v) is 8.75. The lowest BCUT2D eigenvalue weighted by atomic mass is 10.0. The van der Waals surface area contributed by atoms with E-state index in [-0.39, 0.29) is 11.9 Å². The van der Waals surface area contributed by atoms with E-state index >= 15 is 0 Å². The van der Waals surface area contributed by atoms with E-state index in [0.717, 1.165) is 28.6 Å². The number of aromatic nitrogens is 2. The van der Waals surface area contributed by atoms with Gasteiger partial charge in [-0.2, -0.15) is 5.10 Å². The normalized spacial score (nSPS) is 17.0. The summed E-state index contributed by atoms with van der Waals surface area (Å²) in [6, 6.07) is 13.4. The molecular formula is C17H14ClN3OS. The van der Waals surface area contributed by atoms with Crippen LogP contribution in [0.15, 0.2) is 47.4 Å². The molecule has 2 aromatic carbocycles. The zero-order valence-electron chi connectivity index (χ0n) is 12.2. The Hall–Kier alpha value is -1.98. The Bertz CT molecular complexity index is 892. The van der Waals surface area contributed by atoms with Crippen LogP contribution < -0.4 is 5.32 Å². The number of halogens is 1. The van der Waals surface area contributed by atoms with E-state index in [1.54, 1.807) is 11.8 Å². The second-order valence-corrected chi connectivity index (χ2v) is 7.04. The van der Waals surface area contributed by atoms with Gasteiger partial charge >= 0.3 is 0 Å². The Balaban J connectivity index is 1.64. The fraction of sp³-hybridized carbons (Fsp3) is 0.176. The van der Waals surface area contributed by atoms with Gasteiger partial charge < -0.3 is 5.32 Å². The summed E-state index contributed by atoms with van der Waals surface area (Å²) in [5.74, 6) is 0.811. The molecule has 0 spiro atoms. The Morgan fingerprint density at radius 1 is 1.30 bits per heavy atom. The summed E-state index contributed by atoms with van der Waals surface area (Å²) < 4.78 is 0. The van der Waals surface area contributed by atoms with Crippen LogP contribution in [0.5, 0.6) is 0 Å². The van der Waals surface area contributed by atoms with Crippen LogP contribution in [-0.2, 0) is 0 Å². The summed E-state index contributed by atoms with van der Waals surface area (Å²) in [6.45, 7) is 0. The van der Waals surface area contributed by atoms with Gasteiger partial charge in [0.2, 0.25) is 0 Å². The molecule has 2 N–H and O–H groups in total. The molecule has 0 radical (unpaired) electrons. The van der Waals surface area contributed by atoms with Crippen LogP contribution in [-0.4, -0.2) is 21.9 Å². The number of carbonyl (C=O) groups is 1. The molecule has 4 rings (SSSR count).